The number of aryl methyl sites for hydroxylation is 1. The Bertz CT molecular complexity index is 2870. The number of ether oxygens (including phenoxy) is 7. The SMILES string of the molecule is CC(=O)N(c1occ(C)c1C)S(=O)(=O)c1ccc(N)cc1.CCC(=O)OC1C(O[C@@H]2C(C)[C@H](OC3CC(C)(OC)C(O)C(C)O3)[C@@H](C)C(=O)O[C@H](CC)[C@@](C)(O)[C@H](O)[C@@H](C)C(=O)[C@H](C)C[C@@]2(C)O)OC(C)CC1N(C)C.CCCCCCCCCCCCOS(=O)(=O)O. The largest absolute Gasteiger partial charge is 0.459 e. The van der Waals surface area contributed by atoms with Crippen LogP contribution in [0, 0.1) is 37.5 Å². The summed E-state index contributed by atoms with van der Waals surface area (Å²) >= 11 is 0. The van der Waals surface area contributed by atoms with Gasteiger partial charge in [-0.05, 0) is 125 Å². The first kappa shape index (κ1) is 83.0. The number of anilines is 2. The number of nitrogens with zero attached hydrogens (tertiary/aromatic N) is 2. The predicted octanol–water partition coefficient (Wildman–Crippen LogP) is 8.69. The Morgan fingerprint density at radius 2 is 1.35 bits per heavy atom. The number of unbranched alkanes of at least 4 members (excludes halogenated alkanes) is 9. The third-order valence-electron chi connectivity index (χ3n) is 18.2. The number of amides is 1. The van der Waals surface area contributed by atoms with Gasteiger partial charge in [0, 0.05) is 55.9 Å². The van der Waals surface area contributed by atoms with Gasteiger partial charge in [0.2, 0.25) is 11.8 Å². The van der Waals surface area contributed by atoms with Crippen molar-refractivity contribution >= 4 is 55.6 Å². The highest BCUT2D eigenvalue weighted by molar-refractivity contribution is 7.93. The minimum absolute atomic E-state index is 0.0109. The number of furan rings is 1. The zero-order valence-corrected chi connectivity index (χ0v) is 60.0. The van der Waals surface area contributed by atoms with E-state index in [1.165, 1.54) is 110 Å². The lowest BCUT2D eigenvalue weighted by molar-refractivity contribution is -0.319. The number of aliphatic hydroxyl groups is 4. The summed E-state index contributed by atoms with van der Waals surface area (Å²) < 4.78 is 108. The molecule has 3 aliphatic rings. The third-order valence-corrected chi connectivity index (χ3v) is 20.5. The summed E-state index contributed by atoms with van der Waals surface area (Å²) in [6, 6.07) is 5.31. The second kappa shape index (κ2) is 37.0. The molecule has 5 rings (SSSR count). The Kier molecular flexibility index (Phi) is 33.0. The van der Waals surface area contributed by atoms with Gasteiger partial charge < -0.3 is 68.6 Å². The maximum Gasteiger partial charge on any atom is 0.397 e. The molecule has 0 spiro atoms. The molecule has 27 heteroatoms. The molecule has 1 amide bonds. The molecule has 9 unspecified atom stereocenters. The number of aliphatic hydroxyl groups excluding tert-OH is 2. The molecule has 93 heavy (non-hydrogen) atoms. The van der Waals surface area contributed by atoms with Crippen molar-refractivity contribution in [2.75, 3.05) is 37.9 Å². The van der Waals surface area contributed by atoms with Crippen LogP contribution in [0.4, 0.5) is 11.6 Å². The van der Waals surface area contributed by atoms with E-state index in [0.29, 0.717) is 28.4 Å². The van der Waals surface area contributed by atoms with E-state index in [1.54, 1.807) is 62.3 Å². The van der Waals surface area contributed by atoms with E-state index in [9.17, 15) is 56.4 Å². The molecule has 0 radical (unpaired) electrons. The predicted molar refractivity (Wildman–Crippen MR) is 349 cm³/mol. The molecule has 536 valence electrons. The van der Waals surface area contributed by atoms with Crippen LogP contribution >= 0.6 is 0 Å². The zero-order chi connectivity index (χ0) is 70.7. The monoisotopic (exact) mass is 1360 g/mol. The van der Waals surface area contributed by atoms with Crippen molar-refractivity contribution in [3.05, 3.63) is 41.7 Å². The Morgan fingerprint density at radius 1 is 0.785 bits per heavy atom. The highest BCUT2D eigenvalue weighted by Crippen LogP contribution is 2.42. The summed E-state index contributed by atoms with van der Waals surface area (Å²) in [5, 5.41) is 46.6. The van der Waals surface area contributed by atoms with Gasteiger partial charge in [-0.25, -0.2) is 12.6 Å². The average molecular weight is 1360 g/mol. The molecule has 3 aliphatic heterocycles. The summed E-state index contributed by atoms with van der Waals surface area (Å²) in [4.78, 5) is 54.7. The number of likely N-dealkylation sites (N-methyl/N-ethyl adjacent to an activating group) is 1. The second-order valence-electron chi connectivity index (χ2n) is 26.4. The quantitative estimate of drug-likeness (QED) is 0.0247. The van der Waals surface area contributed by atoms with Crippen LogP contribution in [-0.2, 0) is 76.9 Å². The van der Waals surface area contributed by atoms with Crippen LogP contribution in [0.2, 0.25) is 0 Å². The Morgan fingerprint density at radius 3 is 1.85 bits per heavy atom. The van der Waals surface area contributed by atoms with Gasteiger partial charge in [0.15, 0.2) is 18.7 Å². The van der Waals surface area contributed by atoms with Crippen molar-refractivity contribution in [1.29, 1.82) is 0 Å². The van der Waals surface area contributed by atoms with Gasteiger partial charge in [-0.2, -0.15) is 12.7 Å². The Labute approximate surface area is 553 Å². The Balaban J connectivity index is 0.000000479. The average Bonchev–Trinajstić information content (AvgIpc) is 1.65. The van der Waals surface area contributed by atoms with E-state index in [4.69, 9.17) is 47.9 Å². The summed E-state index contributed by atoms with van der Waals surface area (Å²) in [6.07, 6.45) is 3.59. The van der Waals surface area contributed by atoms with Crippen LogP contribution in [0.15, 0.2) is 39.8 Å². The van der Waals surface area contributed by atoms with E-state index in [-0.39, 0.29) is 55.2 Å². The van der Waals surface area contributed by atoms with Crippen LogP contribution in [0.25, 0.3) is 0 Å². The standard InChI is InChI=1S/C40H71NO14.C14H16N2O4S.C12H26O4S/c1-15-27-40(11,48)33(44)22(5)30(43)20(3)18-38(9,47)35(55-37-32(53-28(42)16-2)26(41(12)13)17-21(4)50-37)23(6)31(24(7)36(46)52-27)54-29-19-39(10,49-14)34(45)25(8)51-29;1-9-8-20-14(10(9)2)16(11(3)17)21(18,19)13-6-4-12(15)5-7-13;1-2-3-4-5-6-7-8-9-10-11-12-16-17(13,14)15/h20-27,29,31-35,37,44-45,47-48H,15-19H2,1-14H3;4-8H,15H2,1-3H3;2-12H2,1H3,(H,13,14,15)/t20-,21?,22+,23?,24-,25?,26?,27-,29?,31+,32?,33-,34?,35-,37?,38-,39?,40-;;/m1../s1. The fourth-order valence-electron chi connectivity index (χ4n) is 12.4. The van der Waals surface area contributed by atoms with Gasteiger partial charge in [-0.3, -0.25) is 23.7 Å². The first-order valence-electron chi connectivity index (χ1n) is 32.8. The van der Waals surface area contributed by atoms with Gasteiger partial charge in [-0.1, -0.05) is 99.3 Å². The number of methoxy groups -OCH3 is 1. The van der Waals surface area contributed by atoms with E-state index in [0.717, 1.165) is 18.4 Å². The van der Waals surface area contributed by atoms with Gasteiger partial charge in [0.05, 0.1) is 71.4 Å². The zero-order valence-electron chi connectivity index (χ0n) is 58.3. The number of sulfonamides is 1. The van der Waals surface area contributed by atoms with E-state index < -0.39 is 140 Å². The lowest BCUT2D eigenvalue weighted by Gasteiger charge is -2.49. The van der Waals surface area contributed by atoms with Gasteiger partial charge in [0.25, 0.3) is 10.0 Å². The number of ketones is 1. The van der Waals surface area contributed by atoms with Crippen LogP contribution in [0.1, 0.15) is 197 Å². The van der Waals surface area contributed by atoms with Crippen molar-refractivity contribution < 1.29 is 103 Å². The maximum absolute atomic E-state index is 14.2. The molecule has 0 saturated carbocycles. The number of nitrogens with two attached hydrogens (primary N) is 1. The number of hydrogen-bond donors (Lipinski definition) is 6. The smallest absolute Gasteiger partial charge is 0.397 e. The second-order valence-corrected chi connectivity index (χ2v) is 29.3. The fourth-order valence-corrected chi connectivity index (χ4v) is 14.1. The lowest BCUT2D eigenvalue weighted by Crippen LogP contribution is -2.61. The van der Waals surface area contributed by atoms with Gasteiger partial charge >= 0.3 is 22.3 Å². The molecule has 1 aromatic heterocycles. The molecule has 4 heterocycles. The van der Waals surface area contributed by atoms with Crippen molar-refractivity contribution in [2.24, 2.45) is 23.7 Å². The maximum atomic E-state index is 14.2. The summed E-state index contributed by atoms with van der Waals surface area (Å²) in [5.74, 6) is -6.23. The highest BCUT2D eigenvalue weighted by Gasteiger charge is 2.54. The van der Waals surface area contributed by atoms with E-state index in [2.05, 4.69) is 11.1 Å². The summed E-state index contributed by atoms with van der Waals surface area (Å²) in [6.45, 7) is 25.0. The van der Waals surface area contributed by atoms with Crippen molar-refractivity contribution in [3.8, 4) is 0 Å². The normalized spacial score (nSPS) is 32.5. The van der Waals surface area contributed by atoms with Gasteiger partial charge in [0.1, 0.15) is 23.6 Å². The van der Waals surface area contributed by atoms with Crippen LogP contribution in [0.5, 0.6) is 0 Å². The lowest BCUT2D eigenvalue weighted by atomic mass is 9.74. The number of cyclic esters (lactones) is 1. The fraction of sp³-hybridized carbons (Fsp3) is 0.788. The summed E-state index contributed by atoms with van der Waals surface area (Å²) in [5.41, 5.74) is 2.44. The summed E-state index contributed by atoms with van der Waals surface area (Å²) in [7, 11) is -3.07. The number of benzene rings is 1. The molecular formula is C66H113N3O22S2. The number of carbonyl (C=O) groups is 4. The topological polar surface area (TPSA) is 357 Å². The number of carbonyl (C=O) groups excluding carboxylic acids is 4. The number of hydrogen-bond acceptors (Lipinski definition) is 23. The number of Topliss-reactive ketones (excluding diaryl/α,β-unsaturated/α-hetero) is 1. The van der Waals surface area contributed by atoms with Crippen molar-refractivity contribution in [1.82, 2.24) is 4.90 Å². The molecule has 2 aromatic rings. The van der Waals surface area contributed by atoms with Crippen LogP contribution < -0.4 is 10.0 Å². The molecule has 3 fully saturated rings. The molecule has 1 aromatic carbocycles. The van der Waals surface area contributed by atoms with Gasteiger partial charge in [-0.15, -0.1) is 0 Å². The minimum atomic E-state index is -4.23. The van der Waals surface area contributed by atoms with Crippen molar-refractivity contribution in [2.45, 2.75) is 289 Å². The first-order chi connectivity index (χ1) is 43.2. The Hall–Kier alpha value is -4.20. The van der Waals surface area contributed by atoms with E-state index >= 15 is 0 Å². The third kappa shape index (κ3) is 23.5. The number of rotatable bonds is 24. The number of esters is 2. The molecule has 0 aliphatic carbocycles. The van der Waals surface area contributed by atoms with Crippen LogP contribution in [-0.4, -0.2) is 182 Å². The molecular weight excluding hydrogens is 1250 g/mol. The van der Waals surface area contributed by atoms with E-state index in [1.807, 2.05) is 25.9 Å². The molecule has 7 N–H and O–H groups in total. The van der Waals surface area contributed by atoms with Crippen LogP contribution in [0.3, 0.4) is 0 Å². The molecule has 18 atom stereocenters. The molecule has 25 nitrogen and oxygen atoms in total. The number of nitrogen functional groups attached to an aromatic ring is 1. The molecule has 3 saturated heterocycles. The highest BCUT2D eigenvalue weighted by atomic mass is 32.3. The minimum Gasteiger partial charge on any atom is -0.459 e. The van der Waals surface area contributed by atoms with Crippen molar-refractivity contribution in [3.63, 3.8) is 0 Å². The first-order valence-corrected chi connectivity index (χ1v) is 35.6. The molecule has 0 bridgehead atoms.